The molecule has 5 atom stereocenters. The molecule has 7 nitrogen and oxygen atoms in total. The third-order valence-corrected chi connectivity index (χ3v) is 6.09. The Balaban J connectivity index is 1.80. The zero-order valence-electron chi connectivity index (χ0n) is 15.2. The van der Waals surface area contributed by atoms with Crippen molar-refractivity contribution in [1.29, 1.82) is 5.26 Å². The Kier molecular flexibility index (Phi) is 3.71. The predicted molar refractivity (Wildman–Crippen MR) is 86.7 cm³/mol. The highest BCUT2D eigenvalue weighted by Crippen LogP contribution is 2.61. The van der Waals surface area contributed by atoms with Gasteiger partial charge >= 0.3 is 6.18 Å². The number of pyridine rings is 1. The summed E-state index contributed by atoms with van der Waals surface area (Å²) < 4.78 is 51.3. The van der Waals surface area contributed by atoms with E-state index in [1.165, 1.54) is 13.2 Å². The maximum atomic E-state index is 13.3. The van der Waals surface area contributed by atoms with Crippen LogP contribution in [-0.4, -0.2) is 41.2 Å². The van der Waals surface area contributed by atoms with E-state index in [1.807, 2.05) is 0 Å². The van der Waals surface area contributed by atoms with Crippen molar-refractivity contribution in [3.63, 3.8) is 0 Å². The fourth-order valence-corrected chi connectivity index (χ4v) is 4.95. The molecule has 0 aliphatic carbocycles. The number of alkyl halides is 3. The zero-order valence-corrected chi connectivity index (χ0v) is 15.2. The molecule has 0 aromatic carbocycles. The molecule has 1 aromatic heterocycles. The van der Waals surface area contributed by atoms with Crippen molar-refractivity contribution in [2.45, 2.75) is 43.8 Å². The second-order valence-corrected chi connectivity index (χ2v) is 7.69. The quantitative estimate of drug-likeness (QED) is 0.712. The largest absolute Gasteiger partial charge is 0.419 e. The summed E-state index contributed by atoms with van der Waals surface area (Å²) in [6.07, 6.45) is -3.93. The Hall–Kier alpha value is -2.51. The van der Waals surface area contributed by atoms with E-state index in [0.717, 1.165) is 11.1 Å². The van der Waals surface area contributed by atoms with E-state index in [0.29, 0.717) is 12.5 Å². The van der Waals surface area contributed by atoms with Gasteiger partial charge in [-0.25, -0.2) is 9.88 Å². The Bertz CT molecular complexity index is 943. The topological polar surface area (TPSA) is 92.5 Å². The van der Waals surface area contributed by atoms with Crippen molar-refractivity contribution in [2.75, 3.05) is 12.0 Å². The van der Waals surface area contributed by atoms with Crippen molar-refractivity contribution in [3.8, 4) is 6.07 Å². The van der Waals surface area contributed by atoms with E-state index in [2.05, 4.69) is 4.98 Å². The Morgan fingerprint density at radius 2 is 1.96 bits per heavy atom. The molecule has 0 saturated carbocycles. The Morgan fingerprint density at radius 1 is 1.32 bits per heavy atom. The number of ether oxygens (including phenoxy) is 2. The van der Waals surface area contributed by atoms with Gasteiger partial charge in [0, 0.05) is 13.5 Å². The molecule has 3 aliphatic heterocycles. The van der Waals surface area contributed by atoms with E-state index in [-0.39, 0.29) is 5.69 Å². The van der Waals surface area contributed by atoms with Crippen LogP contribution in [0, 0.1) is 23.2 Å². The van der Waals surface area contributed by atoms with E-state index in [9.17, 15) is 22.8 Å². The predicted octanol–water partition coefficient (Wildman–Crippen LogP) is 2.04. The fraction of sp³-hybridized carbons (Fsp3) is 0.556. The maximum absolute atomic E-state index is 13.3. The van der Waals surface area contributed by atoms with Gasteiger partial charge in [-0.05, 0) is 19.9 Å². The number of amides is 2. The lowest BCUT2D eigenvalue weighted by Gasteiger charge is -2.34. The second kappa shape index (κ2) is 5.52. The molecule has 10 heteroatoms. The molecule has 4 heterocycles. The van der Waals surface area contributed by atoms with Crippen molar-refractivity contribution in [3.05, 3.63) is 23.5 Å². The molecule has 2 bridgehead atoms. The molecule has 3 fully saturated rings. The molecule has 0 spiro atoms. The summed E-state index contributed by atoms with van der Waals surface area (Å²) in [5.74, 6) is -2.96. The summed E-state index contributed by atoms with van der Waals surface area (Å²) in [7, 11) is 1.48. The number of aromatic nitrogens is 1. The van der Waals surface area contributed by atoms with Gasteiger partial charge in [-0.1, -0.05) is 0 Å². The number of nitrogens with zero attached hydrogens (tertiary/aromatic N) is 3. The summed E-state index contributed by atoms with van der Waals surface area (Å²) in [5.41, 5.74) is -4.43. The van der Waals surface area contributed by atoms with Crippen LogP contribution in [-0.2, 0) is 25.2 Å². The number of halogens is 3. The Morgan fingerprint density at radius 3 is 2.54 bits per heavy atom. The second-order valence-electron chi connectivity index (χ2n) is 7.69. The monoisotopic (exact) mass is 395 g/mol. The van der Waals surface area contributed by atoms with E-state index in [4.69, 9.17) is 14.7 Å². The van der Waals surface area contributed by atoms with Crippen molar-refractivity contribution in [1.82, 2.24) is 4.98 Å². The molecular weight excluding hydrogens is 379 g/mol. The number of hydrogen-bond donors (Lipinski definition) is 0. The number of methoxy groups -OCH3 is 1. The first kappa shape index (κ1) is 18.8. The third kappa shape index (κ3) is 2.20. The molecule has 3 aliphatic rings. The minimum atomic E-state index is -4.85. The van der Waals surface area contributed by atoms with Gasteiger partial charge in [0.15, 0.2) is 5.69 Å². The van der Waals surface area contributed by atoms with Gasteiger partial charge in [0.05, 0.1) is 41.0 Å². The lowest BCUT2D eigenvalue weighted by atomic mass is 9.67. The fourth-order valence-electron chi connectivity index (χ4n) is 4.95. The summed E-state index contributed by atoms with van der Waals surface area (Å²) in [6, 6.07) is 1.99. The number of hydrogen-bond acceptors (Lipinski definition) is 6. The van der Waals surface area contributed by atoms with Crippen LogP contribution in [0.4, 0.5) is 18.9 Å². The summed E-state index contributed by atoms with van der Waals surface area (Å²) >= 11 is 0. The summed E-state index contributed by atoms with van der Waals surface area (Å²) in [5, 5.41) is 8.88. The van der Waals surface area contributed by atoms with Gasteiger partial charge in [-0.2, -0.15) is 18.4 Å². The van der Waals surface area contributed by atoms with Crippen LogP contribution in [0.15, 0.2) is 12.3 Å². The number of nitriles is 1. The lowest BCUT2D eigenvalue weighted by Crippen LogP contribution is -2.49. The van der Waals surface area contributed by atoms with Crippen LogP contribution in [0.2, 0.25) is 0 Å². The maximum Gasteiger partial charge on any atom is 0.419 e. The van der Waals surface area contributed by atoms with E-state index < -0.39 is 58.4 Å². The third-order valence-electron chi connectivity index (χ3n) is 6.09. The van der Waals surface area contributed by atoms with Gasteiger partial charge in [-0.3, -0.25) is 9.59 Å². The summed E-state index contributed by atoms with van der Waals surface area (Å²) in [4.78, 5) is 30.4. The number of carbonyl (C=O) groups excluding carboxylic acids is 2. The smallest absolute Gasteiger partial charge is 0.378 e. The minimum absolute atomic E-state index is 0.309. The summed E-state index contributed by atoms with van der Waals surface area (Å²) in [6.45, 7) is 3.39. The highest BCUT2D eigenvalue weighted by molar-refractivity contribution is 6.23. The van der Waals surface area contributed by atoms with Gasteiger partial charge in [0.25, 0.3) is 0 Å². The molecule has 3 saturated heterocycles. The molecule has 0 N–H and O–H groups in total. The van der Waals surface area contributed by atoms with Crippen LogP contribution >= 0.6 is 0 Å². The normalized spacial score (nSPS) is 36.8. The number of anilines is 1. The Labute approximate surface area is 158 Å². The van der Waals surface area contributed by atoms with E-state index >= 15 is 0 Å². The molecule has 4 rings (SSSR count). The molecular formula is C18H16F3N3O4. The molecule has 0 radical (unpaired) electrons. The van der Waals surface area contributed by atoms with Crippen LogP contribution in [0.3, 0.4) is 0 Å². The SMILES string of the molecule is CO[C@H]1C[C@@]2(C)O[C@@]1(C)[C@H]1C(=O)N(c3cnc(C#N)c(C(F)(F)F)c3)C(=O)[C@H]12. The van der Waals surface area contributed by atoms with Crippen LogP contribution in [0.5, 0.6) is 0 Å². The zero-order chi connectivity index (χ0) is 20.6. The minimum Gasteiger partial charge on any atom is -0.378 e. The number of rotatable bonds is 2. The first-order valence-corrected chi connectivity index (χ1v) is 8.56. The lowest BCUT2D eigenvalue weighted by molar-refractivity contribution is -0.138. The average Bonchev–Trinajstić information content (AvgIpc) is 3.14. The number of carbonyl (C=O) groups is 2. The van der Waals surface area contributed by atoms with Crippen LogP contribution in [0.1, 0.15) is 31.5 Å². The average molecular weight is 395 g/mol. The van der Waals surface area contributed by atoms with Gasteiger partial charge in [-0.15, -0.1) is 0 Å². The first-order valence-electron chi connectivity index (χ1n) is 8.56. The number of imide groups is 1. The number of fused-ring (bicyclic) bond motifs is 5. The van der Waals surface area contributed by atoms with Gasteiger partial charge < -0.3 is 9.47 Å². The highest BCUT2D eigenvalue weighted by atomic mass is 19.4. The van der Waals surface area contributed by atoms with Gasteiger partial charge in [0.2, 0.25) is 11.8 Å². The van der Waals surface area contributed by atoms with Crippen molar-refractivity contribution in [2.24, 2.45) is 11.8 Å². The molecule has 28 heavy (non-hydrogen) atoms. The highest BCUT2D eigenvalue weighted by Gasteiger charge is 2.76. The molecule has 2 amide bonds. The molecule has 1 aromatic rings. The molecule has 148 valence electrons. The van der Waals surface area contributed by atoms with E-state index in [1.54, 1.807) is 13.8 Å². The van der Waals surface area contributed by atoms with Crippen molar-refractivity contribution < 1.29 is 32.2 Å². The first-order chi connectivity index (χ1) is 13.0. The van der Waals surface area contributed by atoms with Crippen molar-refractivity contribution >= 4 is 17.5 Å². The molecule has 0 unspecified atom stereocenters. The van der Waals surface area contributed by atoms with Crippen LogP contribution < -0.4 is 4.90 Å². The van der Waals surface area contributed by atoms with Gasteiger partial charge in [0.1, 0.15) is 11.7 Å². The van der Waals surface area contributed by atoms with Crippen LogP contribution in [0.25, 0.3) is 0 Å². The standard InChI is InChI=1S/C18H16F3N3O4/c1-16-5-11(27-3)17(2,28-16)13-12(16)14(25)24(15(13)26)8-4-9(18(19,20)21)10(6-22)23-7-8/h4,7,11-13H,5H2,1-3H3/t11-,12-,13+,16+,17+/m0/s1.